The van der Waals surface area contributed by atoms with E-state index in [1.807, 2.05) is 0 Å². The van der Waals surface area contributed by atoms with E-state index in [1.54, 1.807) is 12.1 Å². The van der Waals surface area contributed by atoms with Gasteiger partial charge in [-0.05, 0) is 25.0 Å². The Labute approximate surface area is 82.2 Å². The topological polar surface area (TPSA) is 51.5 Å². The zero-order valence-corrected chi connectivity index (χ0v) is 8.08. The van der Waals surface area contributed by atoms with Gasteiger partial charge in [-0.1, -0.05) is 0 Å². The monoisotopic (exact) mass is 195 g/mol. The first kappa shape index (κ1) is 9.27. The van der Waals surface area contributed by atoms with Crippen LogP contribution in [0.15, 0.2) is 16.5 Å². The summed E-state index contributed by atoms with van der Waals surface area (Å²) in [6.45, 7) is 0.682. The summed E-state index contributed by atoms with van der Waals surface area (Å²) in [5.41, 5.74) is 0. The van der Waals surface area contributed by atoms with E-state index in [0.717, 1.165) is 5.76 Å². The van der Waals surface area contributed by atoms with Crippen molar-refractivity contribution in [1.82, 2.24) is 5.32 Å². The molecule has 0 saturated heterocycles. The fraction of sp³-hybridized carbons (Fsp3) is 0.500. The van der Waals surface area contributed by atoms with Crippen LogP contribution in [-0.4, -0.2) is 19.1 Å². The van der Waals surface area contributed by atoms with Gasteiger partial charge < -0.3 is 14.5 Å². The van der Waals surface area contributed by atoms with Gasteiger partial charge in [-0.2, -0.15) is 0 Å². The molecule has 1 fully saturated rings. The van der Waals surface area contributed by atoms with Crippen molar-refractivity contribution in [3.05, 3.63) is 23.7 Å². The summed E-state index contributed by atoms with van der Waals surface area (Å²) in [5, 5.41) is 3.30. The highest BCUT2D eigenvalue weighted by atomic mass is 16.5. The van der Waals surface area contributed by atoms with E-state index in [2.05, 4.69) is 10.1 Å². The number of carbonyl (C=O) groups excluding carboxylic acids is 1. The SMILES string of the molecule is COC(=O)c1ccc(CNC2CC2)o1. The lowest BCUT2D eigenvalue weighted by Gasteiger charge is -1.98. The van der Waals surface area contributed by atoms with Gasteiger partial charge in [-0.15, -0.1) is 0 Å². The minimum Gasteiger partial charge on any atom is -0.463 e. The minimum absolute atomic E-state index is 0.264. The van der Waals surface area contributed by atoms with E-state index < -0.39 is 5.97 Å². The molecule has 1 aromatic rings. The van der Waals surface area contributed by atoms with Gasteiger partial charge in [0.05, 0.1) is 13.7 Å². The molecule has 0 aromatic carbocycles. The Bertz CT molecular complexity index is 328. The number of hydrogen-bond acceptors (Lipinski definition) is 4. The molecule has 1 aliphatic rings. The van der Waals surface area contributed by atoms with Gasteiger partial charge in [0.1, 0.15) is 5.76 Å². The fourth-order valence-electron chi connectivity index (χ4n) is 1.22. The summed E-state index contributed by atoms with van der Waals surface area (Å²) >= 11 is 0. The molecule has 4 nitrogen and oxygen atoms in total. The lowest BCUT2D eigenvalue weighted by Crippen LogP contribution is -2.14. The van der Waals surface area contributed by atoms with Crippen LogP contribution in [0.3, 0.4) is 0 Å². The second-order valence-corrected chi connectivity index (χ2v) is 3.41. The van der Waals surface area contributed by atoms with E-state index >= 15 is 0 Å². The smallest absolute Gasteiger partial charge is 0.373 e. The maximum absolute atomic E-state index is 11.0. The van der Waals surface area contributed by atoms with Crippen LogP contribution in [0.1, 0.15) is 29.2 Å². The zero-order valence-electron chi connectivity index (χ0n) is 8.08. The largest absolute Gasteiger partial charge is 0.463 e. The van der Waals surface area contributed by atoms with Crippen LogP contribution in [0.2, 0.25) is 0 Å². The van der Waals surface area contributed by atoms with E-state index in [4.69, 9.17) is 4.42 Å². The lowest BCUT2D eigenvalue weighted by atomic mass is 10.4. The molecule has 0 amide bonds. The number of nitrogens with one attached hydrogen (secondary N) is 1. The summed E-state index contributed by atoms with van der Waals surface area (Å²) in [4.78, 5) is 11.0. The average Bonchev–Trinajstić information content (AvgIpc) is 2.92. The molecule has 4 heteroatoms. The molecule has 2 rings (SSSR count). The molecule has 1 heterocycles. The van der Waals surface area contributed by atoms with E-state index in [1.165, 1.54) is 20.0 Å². The summed E-state index contributed by atoms with van der Waals surface area (Å²) in [6, 6.07) is 4.07. The molecule has 0 bridgehead atoms. The van der Waals surface area contributed by atoms with Crippen molar-refractivity contribution in [3.8, 4) is 0 Å². The van der Waals surface area contributed by atoms with Crippen molar-refractivity contribution in [2.75, 3.05) is 7.11 Å². The third kappa shape index (κ3) is 2.14. The highest BCUT2D eigenvalue weighted by Gasteiger charge is 2.20. The number of furan rings is 1. The molecule has 1 saturated carbocycles. The Morgan fingerprint density at radius 1 is 1.64 bits per heavy atom. The van der Waals surface area contributed by atoms with Crippen LogP contribution in [0.4, 0.5) is 0 Å². The van der Waals surface area contributed by atoms with E-state index in [0.29, 0.717) is 12.6 Å². The van der Waals surface area contributed by atoms with Crippen LogP contribution in [-0.2, 0) is 11.3 Å². The Balaban J connectivity index is 1.91. The molecule has 76 valence electrons. The van der Waals surface area contributed by atoms with Crippen LogP contribution in [0, 0.1) is 0 Å². The minimum atomic E-state index is -0.428. The van der Waals surface area contributed by atoms with E-state index in [-0.39, 0.29) is 5.76 Å². The molecule has 1 N–H and O–H groups in total. The lowest BCUT2D eigenvalue weighted by molar-refractivity contribution is 0.0563. The van der Waals surface area contributed by atoms with Crippen LogP contribution in [0.5, 0.6) is 0 Å². The molecule has 0 unspecified atom stereocenters. The Hall–Kier alpha value is -1.29. The number of esters is 1. The maximum atomic E-state index is 11.0. The fourth-order valence-corrected chi connectivity index (χ4v) is 1.22. The number of rotatable bonds is 4. The molecule has 1 aromatic heterocycles. The summed E-state index contributed by atoms with van der Waals surface area (Å²) in [5.74, 6) is 0.611. The van der Waals surface area contributed by atoms with Gasteiger partial charge in [0, 0.05) is 6.04 Å². The van der Waals surface area contributed by atoms with Crippen molar-refractivity contribution >= 4 is 5.97 Å². The van der Waals surface area contributed by atoms with E-state index in [9.17, 15) is 4.79 Å². The zero-order chi connectivity index (χ0) is 9.97. The number of carbonyl (C=O) groups is 1. The normalized spacial score (nSPS) is 15.5. The third-order valence-corrected chi connectivity index (χ3v) is 2.19. The second-order valence-electron chi connectivity index (χ2n) is 3.41. The molecule has 0 aliphatic heterocycles. The highest BCUT2D eigenvalue weighted by Crippen LogP contribution is 2.19. The first-order chi connectivity index (χ1) is 6.79. The molecular formula is C10H13NO3. The van der Waals surface area contributed by atoms with Gasteiger partial charge in [-0.3, -0.25) is 0 Å². The van der Waals surface area contributed by atoms with Crippen molar-refractivity contribution in [2.24, 2.45) is 0 Å². The predicted molar refractivity (Wildman–Crippen MR) is 49.9 cm³/mol. The molecule has 0 spiro atoms. The van der Waals surface area contributed by atoms with Gasteiger partial charge >= 0.3 is 5.97 Å². The molecule has 1 aliphatic carbocycles. The Morgan fingerprint density at radius 2 is 2.43 bits per heavy atom. The maximum Gasteiger partial charge on any atom is 0.373 e. The van der Waals surface area contributed by atoms with Crippen LogP contribution >= 0.6 is 0 Å². The van der Waals surface area contributed by atoms with Crippen LogP contribution < -0.4 is 5.32 Å². The Morgan fingerprint density at radius 3 is 3.07 bits per heavy atom. The van der Waals surface area contributed by atoms with Crippen molar-refractivity contribution in [2.45, 2.75) is 25.4 Å². The molecule has 0 atom stereocenters. The number of hydrogen-bond donors (Lipinski definition) is 1. The molecular weight excluding hydrogens is 182 g/mol. The summed E-state index contributed by atoms with van der Waals surface area (Å²) in [7, 11) is 1.34. The predicted octanol–water partition coefficient (Wildman–Crippen LogP) is 1.32. The Kier molecular flexibility index (Phi) is 2.54. The van der Waals surface area contributed by atoms with Crippen LogP contribution in [0.25, 0.3) is 0 Å². The number of ether oxygens (including phenoxy) is 1. The summed E-state index contributed by atoms with van der Waals surface area (Å²) < 4.78 is 9.81. The average molecular weight is 195 g/mol. The second kappa shape index (κ2) is 3.84. The van der Waals surface area contributed by atoms with Gasteiger partial charge in [0.15, 0.2) is 0 Å². The van der Waals surface area contributed by atoms with Crippen molar-refractivity contribution in [1.29, 1.82) is 0 Å². The van der Waals surface area contributed by atoms with Crippen molar-refractivity contribution < 1.29 is 13.9 Å². The van der Waals surface area contributed by atoms with Gasteiger partial charge in [0.2, 0.25) is 5.76 Å². The van der Waals surface area contributed by atoms with Crippen molar-refractivity contribution in [3.63, 3.8) is 0 Å². The highest BCUT2D eigenvalue weighted by molar-refractivity contribution is 5.86. The quantitative estimate of drug-likeness (QED) is 0.736. The third-order valence-electron chi connectivity index (χ3n) is 2.19. The molecule has 14 heavy (non-hydrogen) atoms. The molecule has 0 radical (unpaired) electrons. The summed E-state index contributed by atoms with van der Waals surface area (Å²) in [6.07, 6.45) is 2.48. The van der Waals surface area contributed by atoms with Gasteiger partial charge in [-0.25, -0.2) is 4.79 Å². The first-order valence-electron chi connectivity index (χ1n) is 4.70. The van der Waals surface area contributed by atoms with Gasteiger partial charge in [0.25, 0.3) is 0 Å². The number of methoxy groups -OCH3 is 1. The standard InChI is InChI=1S/C10H13NO3/c1-13-10(12)9-5-4-8(14-9)6-11-7-2-3-7/h4-5,7,11H,2-3,6H2,1H3. The first-order valence-corrected chi connectivity index (χ1v) is 4.70.